The number of nitrogens with zero attached hydrogens (tertiary/aromatic N) is 2. The molecule has 1 aliphatic heterocycles. The summed E-state index contributed by atoms with van der Waals surface area (Å²) < 4.78 is 10.1. The average molecular weight is 230 g/mol. The van der Waals surface area contributed by atoms with Gasteiger partial charge >= 0.3 is 0 Å². The van der Waals surface area contributed by atoms with E-state index >= 15 is 0 Å². The second-order valence-corrected chi connectivity index (χ2v) is 3.12. The van der Waals surface area contributed by atoms with E-state index in [1.165, 1.54) is 0 Å². The fourth-order valence-electron chi connectivity index (χ4n) is 1.24. The van der Waals surface area contributed by atoms with Gasteiger partial charge in [0.1, 0.15) is 6.29 Å². The molecule has 5 heteroatoms. The highest BCUT2D eigenvalue weighted by Crippen LogP contribution is 2.31. The lowest BCUT2D eigenvalue weighted by molar-refractivity contribution is 0.112. The number of carbonyl (C=O) groups is 1. The Balaban J connectivity index is 0.000000153. The van der Waals surface area contributed by atoms with Gasteiger partial charge in [0.25, 0.3) is 0 Å². The Labute approximate surface area is 98.0 Å². The van der Waals surface area contributed by atoms with Crippen LogP contribution in [0.3, 0.4) is 0 Å². The maximum atomic E-state index is 10.3. The summed E-state index contributed by atoms with van der Waals surface area (Å²) in [5, 5.41) is 0. The van der Waals surface area contributed by atoms with E-state index in [0.717, 1.165) is 6.29 Å². The topological polar surface area (TPSA) is 61.3 Å². The summed E-state index contributed by atoms with van der Waals surface area (Å²) in [7, 11) is 0. The van der Waals surface area contributed by atoms with Gasteiger partial charge in [-0.2, -0.15) is 0 Å². The van der Waals surface area contributed by atoms with E-state index in [0.29, 0.717) is 17.1 Å². The molecule has 0 saturated carbocycles. The molecule has 0 N–H and O–H groups in total. The van der Waals surface area contributed by atoms with Gasteiger partial charge in [0, 0.05) is 30.4 Å². The minimum atomic E-state index is 0.248. The molecule has 2 aromatic rings. The summed E-state index contributed by atoms with van der Waals surface area (Å²) in [4.78, 5) is 17.8. The van der Waals surface area contributed by atoms with Crippen molar-refractivity contribution in [3.05, 3.63) is 48.5 Å². The number of benzene rings is 1. The zero-order valence-electron chi connectivity index (χ0n) is 8.95. The summed E-state index contributed by atoms with van der Waals surface area (Å²) in [6, 6.07) is 5.09. The van der Waals surface area contributed by atoms with E-state index in [9.17, 15) is 4.79 Å². The molecule has 86 valence electrons. The van der Waals surface area contributed by atoms with E-state index < -0.39 is 0 Å². The summed E-state index contributed by atoms with van der Waals surface area (Å²) in [5.74, 6) is 1.35. The van der Waals surface area contributed by atoms with Crippen LogP contribution in [0.2, 0.25) is 0 Å². The third-order valence-corrected chi connectivity index (χ3v) is 2.01. The normalized spacial score (nSPS) is 11.3. The van der Waals surface area contributed by atoms with Crippen molar-refractivity contribution in [1.82, 2.24) is 9.97 Å². The van der Waals surface area contributed by atoms with Gasteiger partial charge in [0.15, 0.2) is 11.5 Å². The minimum absolute atomic E-state index is 0.248. The van der Waals surface area contributed by atoms with Gasteiger partial charge in [-0.15, -0.1) is 0 Å². The van der Waals surface area contributed by atoms with Crippen LogP contribution in [0.1, 0.15) is 10.4 Å². The number of aromatic nitrogens is 2. The van der Waals surface area contributed by atoms with Crippen LogP contribution in [0, 0.1) is 0 Å². The van der Waals surface area contributed by atoms with E-state index in [4.69, 9.17) is 9.47 Å². The van der Waals surface area contributed by atoms with E-state index in [2.05, 4.69) is 9.97 Å². The molecule has 1 aliphatic rings. The fourth-order valence-corrected chi connectivity index (χ4v) is 1.24. The van der Waals surface area contributed by atoms with Crippen LogP contribution in [0.25, 0.3) is 0 Å². The predicted octanol–water partition coefficient (Wildman–Crippen LogP) is 1.70. The number of aldehydes is 1. The second-order valence-electron chi connectivity index (χ2n) is 3.12. The molecule has 2 heterocycles. The maximum absolute atomic E-state index is 10.3. The van der Waals surface area contributed by atoms with Crippen LogP contribution in [-0.2, 0) is 0 Å². The van der Waals surface area contributed by atoms with Crippen LogP contribution in [0.4, 0.5) is 0 Å². The number of hydrogen-bond donors (Lipinski definition) is 0. The number of carbonyl (C=O) groups excluding carboxylic acids is 1. The van der Waals surface area contributed by atoms with Crippen molar-refractivity contribution in [3.8, 4) is 11.5 Å². The number of hydrogen-bond acceptors (Lipinski definition) is 5. The Morgan fingerprint density at radius 3 is 2.24 bits per heavy atom. The summed E-state index contributed by atoms with van der Waals surface area (Å²) in [5.41, 5.74) is 0.606. The molecular weight excluding hydrogens is 220 g/mol. The Morgan fingerprint density at radius 1 is 1.00 bits per heavy atom. The Hall–Kier alpha value is -2.43. The number of rotatable bonds is 1. The highest BCUT2D eigenvalue weighted by molar-refractivity contribution is 5.76. The van der Waals surface area contributed by atoms with Crippen LogP contribution in [0.15, 0.2) is 43.0 Å². The third-order valence-electron chi connectivity index (χ3n) is 2.01. The molecule has 0 aliphatic carbocycles. The van der Waals surface area contributed by atoms with E-state index in [1.807, 2.05) is 0 Å². The third kappa shape index (κ3) is 3.01. The van der Waals surface area contributed by atoms with Gasteiger partial charge in [-0.1, -0.05) is 0 Å². The molecular formula is C12H10N2O3. The van der Waals surface area contributed by atoms with Crippen molar-refractivity contribution >= 4 is 6.29 Å². The molecule has 1 aromatic carbocycles. The standard InChI is InChI=1S/C8H6O3.C4H4N2/c9-4-6-1-2-7-8(3-6)11-5-10-7;1-2-6-4-3-5-1/h1-4H,5H2;1-4H. The lowest BCUT2D eigenvalue weighted by atomic mass is 10.2. The van der Waals surface area contributed by atoms with Crippen LogP contribution >= 0.6 is 0 Å². The molecule has 0 fully saturated rings. The zero-order chi connectivity index (χ0) is 11.9. The minimum Gasteiger partial charge on any atom is -0.454 e. The quantitative estimate of drug-likeness (QED) is 0.698. The van der Waals surface area contributed by atoms with Gasteiger partial charge in [-0.05, 0) is 18.2 Å². The van der Waals surface area contributed by atoms with Crippen molar-refractivity contribution in [1.29, 1.82) is 0 Å². The molecule has 5 nitrogen and oxygen atoms in total. The largest absolute Gasteiger partial charge is 0.454 e. The van der Waals surface area contributed by atoms with Crippen LogP contribution in [0.5, 0.6) is 11.5 Å². The summed E-state index contributed by atoms with van der Waals surface area (Å²) in [6.45, 7) is 0.248. The molecule has 0 spiro atoms. The first-order chi connectivity index (χ1) is 8.40. The van der Waals surface area contributed by atoms with Crippen molar-refractivity contribution in [2.45, 2.75) is 0 Å². The second kappa shape index (κ2) is 5.60. The lowest BCUT2D eigenvalue weighted by Crippen LogP contribution is -1.92. The number of ether oxygens (including phenoxy) is 2. The van der Waals surface area contributed by atoms with Crippen LogP contribution < -0.4 is 9.47 Å². The van der Waals surface area contributed by atoms with Gasteiger partial charge in [-0.25, -0.2) is 0 Å². The first-order valence-corrected chi connectivity index (χ1v) is 4.95. The molecule has 0 atom stereocenters. The Kier molecular flexibility index (Phi) is 3.64. The van der Waals surface area contributed by atoms with Gasteiger partial charge in [-0.3, -0.25) is 14.8 Å². The van der Waals surface area contributed by atoms with Crippen molar-refractivity contribution in [2.75, 3.05) is 6.79 Å². The fraction of sp³-hybridized carbons (Fsp3) is 0.0833. The Morgan fingerprint density at radius 2 is 1.65 bits per heavy atom. The van der Waals surface area contributed by atoms with Crippen molar-refractivity contribution < 1.29 is 14.3 Å². The molecule has 3 rings (SSSR count). The Bertz CT molecular complexity index is 462. The summed E-state index contributed by atoms with van der Waals surface area (Å²) in [6.07, 6.45) is 7.34. The van der Waals surface area contributed by atoms with Gasteiger partial charge in [0.05, 0.1) is 0 Å². The van der Waals surface area contributed by atoms with E-state index in [1.54, 1.807) is 43.0 Å². The van der Waals surface area contributed by atoms with Gasteiger partial charge in [0.2, 0.25) is 6.79 Å². The average Bonchev–Trinajstić information content (AvgIpc) is 2.88. The zero-order valence-corrected chi connectivity index (χ0v) is 8.95. The smallest absolute Gasteiger partial charge is 0.231 e. The molecule has 0 amide bonds. The highest BCUT2D eigenvalue weighted by atomic mass is 16.7. The monoisotopic (exact) mass is 230 g/mol. The molecule has 1 aromatic heterocycles. The van der Waals surface area contributed by atoms with E-state index in [-0.39, 0.29) is 6.79 Å². The highest BCUT2D eigenvalue weighted by Gasteiger charge is 2.12. The first kappa shape index (κ1) is 11.1. The molecule has 0 radical (unpaired) electrons. The number of fused-ring (bicyclic) bond motifs is 1. The molecule has 0 unspecified atom stereocenters. The summed E-state index contributed by atoms with van der Waals surface area (Å²) >= 11 is 0. The molecule has 0 bridgehead atoms. The maximum Gasteiger partial charge on any atom is 0.231 e. The predicted molar refractivity (Wildman–Crippen MR) is 60.0 cm³/mol. The lowest BCUT2D eigenvalue weighted by Gasteiger charge is -1.94. The van der Waals surface area contributed by atoms with Crippen LogP contribution in [-0.4, -0.2) is 23.0 Å². The van der Waals surface area contributed by atoms with Crippen molar-refractivity contribution in [3.63, 3.8) is 0 Å². The molecule has 0 saturated heterocycles. The molecule has 17 heavy (non-hydrogen) atoms. The first-order valence-electron chi connectivity index (χ1n) is 4.95. The van der Waals surface area contributed by atoms with Crippen molar-refractivity contribution in [2.24, 2.45) is 0 Å². The van der Waals surface area contributed by atoms with Gasteiger partial charge < -0.3 is 9.47 Å². The SMILES string of the molecule is O=Cc1ccc2c(c1)OCO2.c1cnccn1.